The first-order valence-electron chi connectivity index (χ1n) is 7.27. The topological polar surface area (TPSA) is 24.5 Å². The van der Waals surface area contributed by atoms with Gasteiger partial charge in [0, 0.05) is 30.9 Å². The van der Waals surface area contributed by atoms with Crippen LogP contribution >= 0.6 is 0 Å². The standard InChI is InChI=1S/C16H24N2O/c1-12-10-14(19-3)6-7-15(12)18-9-8-17-16(2,11-18)13-4-5-13/h6-7,10,13,17H,4-5,8-9,11H2,1-3H3. The quantitative estimate of drug-likeness (QED) is 0.904. The van der Waals surface area contributed by atoms with Crippen LogP contribution in [0.5, 0.6) is 5.75 Å². The van der Waals surface area contributed by atoms with Gasteiger partial charge >= 0.3 is 0 Å². The second kappa shape index (κ2) is 4.71. The summed E-state index contributed by atoms with van der Waals surface area (Å²) in [5, 5.41) is 3.73. The van der Waals surface area contributed by atoms with E-state index >= 15 is 0 Å². The zero-order chi connectivity index (χ0) is 13.5. The number of rotatable bonds is 3. The van der Waals surface area contributed by atoms with E-state index in [2.05, 4.69) is 42.3 Å². The van der Waals surface area contributed by atoms with Crippen molar-refractivity contribution >= 4 is 5.69 Å². The van der Waals surface area contributed by atoms with E-state index in [0.717, 1.165) is 31.3 Å². The van der Waals surface area contributed by atoms with Gasteiger partial charge in [-0.2, -0.15) is 0 Å². The Morgan fingerprint density at radius 3 is 2.79 bits per heavy atom. The van der Waals surface area contributed by atoms with Gasteiger partial charge in [0.25, 0.3) is 0 Å². The Morgan fingerprint density at radius 2 is 2.16 bits per heavy atom. The summed E-state index contributed by atoms with van der Waals surface area (Å²) in [6.07, 6.45) is 2.78. The summed E-state index contributed by atoms with van der Waals surface area (Å²) < 4.78 is 5.30. The molecule has 3 nitrogen and oxygen atoms in total. The molecule has 1 unspecified atom stereocenters. The Morgan fingerprint density at radius 1 is 1.37 bits per heavy atom. The molecular formula is C16H24N2O. The number of nitrogens with zero attached hydrogens (tertiary/aromatic N) is 1. The van der Waals surface area contributed by atoms with Crippen molar-refractivity contribution in [2.75, 3.05) is 31.6 Å². The minimum Gasteiger partial charge on any atom is -0.497 e. The minimum atomic E-state index is 0.296. The molecule has 19 heavy (non-hydrogen) atoms. The van der Waals surface area contributed by atoms with Crippen molar-refractivity contribution in [2.24, 2.45) is 5.92 Å². The SMILES string of the molecule is COc1ccc(N2CCNC(C)(C3CC3)C2)c(C)c1. The molecule has 1 aliphatic carbocycles. The van der Waals surface area contributed by atoms with Crippen LogP contribution in [0.15, 0.2) is 18.2 Å². The van der Waals surface area contributed by atoms with Crippen LogP contribution in [0.25, 0.3) is 0 Å². The monoisotopic (exact) mass is 260 g/mol. The average molecular weight is 260 g/mol. The van der Waals surface area contributed by atoms with Gasteiger partial charge in [-0.1, -0.05) is 0 Å². The molecule has 1 N–H and O–H groups in total. The van der Waals surface area contributed by atoms with Crippen LogP contribution in [0.3, 0.4) is 0 Å². The lowest BCUT2D eigenvalue weighted by Gasteiger charge is -2.43. The van der Waals surface area contributed by atoms with E-state index in [1.807, 2.05) is 0 Å². The first-order valence-corrected chi connectivity index (χ1v) is 7.27. The highest BCUT2D eigenvalue weighted by Crippen LogP contribution is 2.41. The maximum absolute atomic E-state index is 5.30. The number of benzene rings is 1. The van der Waals surface area contributed by atoms with Crippen molar-refractivity contribution in [3.05, 3.63) is 23.8 Å². The lowest BCUT2D eigenvalue weighted by atomic mass is 9.92. The van der Waals surface area contributed by atoms with Crippen LogP contribution in [0.4, 0.5) is 5.69 Å². The Labute approximate surface area is 115 Å². The zero-order valence-corrected chi connectivity index (χ0v) is 12.2. The number of anilines is 1. The van der Waals surface area contributed by atoms with Crippen LogP contribution < -0.4 is 15.0 Å². The van der Waals surface area contributed by atoms with E-state index in [-0.39, 0.29) is 0 Å². The molecular weight excluding hydrogens is 236 g/mol. The molecule has 1 saturated heterocycles. The van der Waals surface area contributed by atoms with Crippen molar-refractivity contribution in [3.63, 3.8) is 0 Å². The van der Waals surface area contributed by atoms with Gasteiger partial charge in [-0.05, 0) is 56.4 Å². The van der Waals surface area contributed by atoms with Crippen LogP contribution in [-0.4, -0.2) is 32.3 Å². The molecule has 0 radical (unpaired) electrons. The highest BCUT2D eigenvalue weighted by Gasteiger charge is 2.44. The van der Waals surface area contributed by atoms with Gasteiger partial charge in [-0.25, -0.2) is 0 Å². The Hall–Kier alpha value is -1.22. The van der Waals surface area contributed by atoms with Gasteiger partial charge < -0.3 is 15.0 Å². The molecule has 1 aliphatic heterocycles. The normalized spacial score (nSPS) is 27.4. The van der Waals surface area contributed by atoms with Gasteiger partial charge in [0.2, 0.25) is 0 Å². The third-order valence-corrected chi connectivity index (χ3v) is 4.65. The minimum absolute atomic E-state index is 0.296. The summed E-state index contributed by atoms with van der Waals surface area (Å²) in [4.78, 5) is 2.53. The second-order valence-corrected chi connectivity index (χ2v) is 6.19. The Balaban J connectivity index is 1.81. The molecule has 0 bridgehead atoms. The van der Waals surface area contributed by atoms with Crippen molar-refractivity contribution in [1.82, 2.24) is 5.32 Å². The van der Waals surface area contributed by atoms with E-state index < -0.39 is 0 Å². The third-order valence-electron chi connectivity index (χ3n) is 4.65. The number of aryl methyl sites for hydroxylation is 1. The third kappa shape index (κ3) is 2.44. The average Bonchev–Trinajstić information content (AvgIpc) is 3.23. The van der Waals surface area contributed by atoms with Crippen molar-refractivity contribution in [1.29, 1.82) is 0 Å². The van der Waals surface area contributed by atoms with Gasteiger partial charge in [0.05, 0.1) is 7.11 Å². The number of hydrogen-bond acceptors (Lipinski definition) is 3. The van der Waals surface area contributed by atoms with E-state index in [0.29, 0.717) is 5.54 Å². The van der Waals surface area contributed by atoms with Crippen LogP contribution in [-0.2, 0) is 0 Å². The Kier molecular flexibility index (Phi) is 3.17. The first-order chi connectivity index (χ1) is 9.12. The number of hydrogen-bond donors (Lipinski definition) is 1. The summed E-state index contributed by atoms with van der Waals surface area (Å²) in [7, 11) is 1.73. The fraction of sp³-hybridized carbons (Fsp3) is 0.625. The predicted octanol–water partition coefficient (Wildman–Crippen LogP) is 2.58. The fourth-order valence-electron chi connectivity index (χ4n) is 3.32. The molecule has 0 spiro atoms. The largest absolute Gasteiger partial charge is 0.497 e. The van der Waals surface area contributed by atoms with Gasteiger partial charge in [0.1, 0.15) is 5.75 Å². The predicted molar refractivity (Wildman–Crippen MR) is 79.1 cm³/mol. The first kappa shape index (κ1) is 12.8. The number of methoxy groups -OCH3 is 1. The van der Waals surface area contributed by atoms with E-state index in [1.54, 1.807) is 7.11 Å². The lowest BCUT2D eigenvalue weighted by molar-refractivity contribution is 0.285. The Bertz CT molecular complexity index is 470. The number of piperazine rings is 1. The van der Waals surface area contributed by atoms with Crippen LogP contribution in [0, 0.1) is 12.8 Å². The summed E-state index contributed by atoms with van der Waals surface area (Å²) in [6.45, 7) is 7.85. The summed E-state index contributed by atoms with van der Waals surface area (Å²) in [5.41, 5.74) is 2.96. The molecule has 1 saturated carbocycles. The van der Waals surface area contributed by atoms with Gasteiger partial charge in [-0.3, -0.25) is 0 Å². The van der Waals surface area contributed by atoms with E-state index in [9.17, 15) is 0 Å². The van der Waals surface area contributed by atoms with E-state index in [1.165, 1.54) is 24.1 Å². The van der Waals surface area contributed by atoms with Crippen molar-refractivity contribution in [2.45, 2.75) is 32.2 Å². The fourth-order valence-corrected chi connectivity index (χ4v) is 3.32. The molecule has 104 valence electrons. The molecule has 3 rings (SSSR count). The molecule has 1 atom stereocenters. The summed E-state index contributed by atoms with van der Waals surface area (Å²) in [6, 6.07) is 6.40. The molecule has 1 aromatic rings. The maximum Gasteiger partial charge on any atom is 0.119 e. The molecule has 0 aromatic heterocycles. The second-order valence-electron chi connectivity index (χ2n) is 6.19. The molecule has 2 aliphatic rings. The van der Waals surface area contributed by atoms with Gasteiger partial charge in [0.15, 0.2) is 0 Å². The molecule has 3 heteroatoms. The molecule has 1 aromatic carbocycles. The molecule has 0 amide bonds. The van der Waals surface area contributed by atoms with Crippen molar-refractivity contribution in [3.8, 4) is 5.75 Å². The van der Waals surface area contributed by atoms with Crippen LogP contribution in [0.2, 0.25) is 0 Å². The molecule has 2 fully saturated rings. The molecule has 1 heterocycles. The smallest absolute Gasteiger partial charge is 0.119 e. The maximum atomic E-state index is 5.30. The van der Waals surface area contributed by atoms with Crippen LogP contribution in [0.1, 0.15) is 25.3 Å². The number of nitrogens with one attached hydrogen (secondary N) is 1. The van der Waals surface area contributed by atoms with Gasteiger partial charge in [-0.15, -0.1) is 0 Å². The summed E-state index contributed by atoms with van der Waals surface area (Å²) >= 11 is 0. The number of ether oxygens (including phenoxy) is 1. The summed E-state index contributed by atoms with van der Waals surface area (Å²) in [5.74, 6) is 1.81. The highest BCUT2D eigenvalue weighted by atomic mass is 16.5. The highest BCUT2D eigenvalue weighted by molar-refractivity contribution is 5.56. The zero-order valence-electron chi connectivity index (χ0n) is 12.2. The van der Waals surface area contributed by atoms with Crippen molar-refractivity contribution < 1.29 is 4.74 Å². The van der Waals surface area contributed by atoms with E-state index in [4.69, 9.17) is 4.74 Å². The lowest BCUT2D eigenvalue weighted by Crippen LogP contribution is -2.60.